The van der Waals surface area contributed by atoms with Gasteiger partial charge in [0.2, 0.25) is 0 Å². The lowest BCUT2D eigenvalue weighted by molar-refractivity contribution is -0.154. The van der Waals surface area contributed by atoms with Gasteiger partial charge >= 0.3 is 11.9 Å². The zero-order valence-electron chi connectivity index (χ0n) is 18.9. The van der Waals surface area contributed by atoms with Crippen LogP contribution in [0.25, 0.3) is 0 Å². The molecule has 0 aromatic heterocycles. The molecule has 32 heavy (non-hydrogen) atoms. The van der Waals surface area contributed by atoms with Crippen LogP contribution in [0.15, 0.2) is 59.7 Å². The van der Waals surface area contributed by atoms with Gasteiger partial charge in [-0.05, 0) is 61.7 Å². The van der Waals surface area contributed by atoms with Gasteiger partial charge in [0.15, 0.2) is 5.60 Å². The van der Waals surface area contributed by atoms with Crippen LogP contribution in [0.3, 0.4) is 0 Å². The molecule has 1 heterocycles. The van der Waals surface area contributed by atoms with Gasteiger partial charge < -0.3 is 14.6 Å². The first-order chi connectivity index (χ1) is 15.2. The Morgan fingerprint density at radius 1 is 1.06 bits per heavy atom. The van der Waals surface area contributed by atoms with E-state index < -0.39 is 24.1 Å². The van der Waals surface area contributed by atoms with Crippen LogP contribution in [0.1, 0.15) is 67.1 Å². The van der Waals surface area contributed by atoms with E-state index in [0.29, 0.717) is 17.1 Å². The molecule has 5 nitrogen and oxygen atoms in total. The smallest absolute Gasteiger partial charge is 0.338 e. The van der Waals surface area contributed by atoms with E-state index in [1.165, 1.54) is 5.56 Å². The molecule has 0 spiro atoms. The number of aliphatic hydroxyl groups excluding tert-OH is 1. The standard InChI is InChI=1S/C27H28O5/c1-18(2)22-11-7-20(8-12-22)5-6-21-9-13-23(14-10-21)25(29)31-17-27(16-28)15-24(19(3)4)26(30)32-27/h7-14,18,28H,15-17H2,1-4H3. The molecule has 2 aromatic rings. The molecular formula is C27H28O5. The highest BCUT2D eigenvalue weighted by Gasteiger charge is 2.45. The lowest BCUT2D eigenvalue weighted by Crippen LogP contribution is -2.39. The summed E-state index contributed by atoms with van der Waals surface area (Å²) in [4.78, 5) is 24.4. The summed E-state index contributed by atoms with van der Waals surface area (Å²) in [5, 5.41) is 9.74. The highest BCUT2D eigenvalue weighted by Crippen LogP contribution is 2.33. The van der Waals surface area contributed by atoms with Crippen LogP contribution in [0.5, 0.6) is 0 Å². The second kappa shape index (κ2) is 9.84. The van der Waals surface area contributed by atoms with E-state index in [9.17, 15) is 14.7 Å². The predicted molar refractivity (Wildman–Crippen MR) is 122 cm³/mol. The molecule has 0 amide bonds. The Morgan fingerprint density at radius 2 is 1.62 bits per heavy atom. The average molecular weight is 433 g/mol. The van der Waals surface area contributed by atoms with Gasteiger partial charge in [-0.3, -0.25) is 0 Å². The van der Waals surface area contributed by atoms with Crippen LogP contribution < -0.4 is 0 Å². The molecule has 0 bridgehead atoms. The summed E-state index contributed by atoms with van der Waals surface area (Å²) in [7, 11) is 0. The van der Waals surface area contributed by atoms with Crippen molar-refractivity contribution in [2.75, 3.05) is 13.2 Å². The molecule has 0 radical (unpaired) electrons. The van der Waals surface area contributed by atoms with Gasteiger partial charge in [-0.1, -0.05) is 43.4 Å². The first-order valence-electron chi connectivity index (χ1n) is 10.6. The van der Waals surface area contributed by atoms with Crippen molar-refractivity contribution in [2.24, 2.45) is 0 Å². The molecule has 1 N–H and O–H groups in total. The monoisotopic (exact) mass is 432 g/mol. The van der Waals surface area contributed by atoms with Gasteiger partial charge in [0, 0.05) is 23.1 Å². The number of carbonyl (C=O) groups excluding carboxylic acids is 2. The Balaban J connectivity index is 1.62. The third-order valence-corrected chi connectivity index (χ3v) is 5.46. The van der Waals surface area contributed by atoms with Crippen LogP contribution in [-0.2, 0) is 14.3 Å². The Bertz CT molecular complexity index is 1080. The lowest BCUT2D eigenvalue weighted by Gasteiger charge is -2.24. The summed E-state index contributed by atoms with van der Waals surface area (Å²) in [6.07, 6.45) is 0.213. The van der Waals surface area contributed by atoms with Crippen molar-refractivity contribution in [3.63, 3.8) is 0 Å². The number of aliphatic hydroxyl groups is 1. The number of rotatable bonds is 5. The van der Waals surface area contributed by atoms with Crippen LogP contribution in [0, 0.1) is 11.8 Å². The van der Waals surface area contributed by atoms with E-state index >= 15 is 0 Å². The lowest BCUT2D eigenvalue weighted by atomic mass is 9.97. The zero-order valence-corrected chi connectivity index (χ0v) is 18.9. The minimum atomic E-state index is -1.23. The second-order valence-corrected chi connectivity index (χ2v) is 8.57. The van der Waals surface area contributed by atoms with Gasteiger partial charge in [-0.25, -0.2) is 9.59 Å². The number of allylic oxidation sites excluding steroid dienone is 1. The van der Waals surface area contributed by atoms with Crippen molar-refractivity contribution in [1.82, 2.24) is 0 Å². The fraction of sp³-hybridized carbons (Fsp3) is 0.333. The minimum absolute atomic E-state index is 0.210. The molecule has 1 unspecified atom stereocenters. The van der Waals surface area contributed by atoms with E-state index in [2.05, 4.69) is 37.8 Å². The third-order valence-electron chi connectivity index (χ3n) is 5.46. The minimum Gasteiger partial charge on any atom is -0.458 e. The first-order valence-corrected chi connectivity index (χ1v) is 10.6. The Labute approximate surface area is 189 Å². The van der Waals surface area contributed by atoms with E-state index in [-0.39, 0.29) is 13.0 Å². The van der Waals surface area contributed by atoms with E-state index in [1.807, 2.05) is 12.1 Å². The van der Waals surface area contributed by atoms with Gasteiger partial charge in [0.25, 0.3) is 0 Å². The summed E-state index contributed by atoms with van der Waals surface area (Å²) in [5.41, 5.74) is 3.44. The van der Waals surface area contributed by atoms with Gasteiger partial charge in [0.05, 0.1) is 12.2 Å². The number of carbonyl (C=O) groups is 2. The normalized spacial score (nSPS) is 17.6. The molecule has 166 valence electrons. The van der Waals surface area contributed by atoms with Crippen molar-refractivity contribution >= 4 is 11.9 Å². The number of ether oxygens (including phenoxy) is 2. The molecular weight excluding hydrogens is 404 g/mol. The fourth-order valence-electron chi connectivity index (χ4n) is 3.35. The number of hydrogen-bond donors (Lipinski definition) is 1. The highest BCUT2D eigenvalue weighted by molar-refractivity contribution is 5.92. The maximum Gasteiger partial charge on any atom is 0.338 e. The Hall–Kier alpha value is -3.36. The van der Waals surface area contributed by atoms with Crippen LogP contribution >= 0.6 is 0 Å². The third kappa shape index (κ3) is 5.46. The molecule has 1 aliphatic rings. The molecule has 0 aliphatic carbocycles. The Kier molecular flexibility index (Phi) is 7.17. The number of hydrogen-bond acceptors (Lipinski definition) is 5. The summed E-state index contributed by atoms with van der Waals surface area (Å²) >= 11 is 0. The largest absolute Gasteiger partial charge is 0.458 e. The van der Waals surface area contributed by atoms with E-state index in [0.717, 1.165) is 16.7 Å². The Morgan fingerprint density at radius 3 is 2.09 bits per heavy atom. The number of cyclic esters (lactones) is 1. The molecule has 1 aliphatic heterocycles. The number of benzene rings is 2. The van der Waals surface area contributed by atoms with Gasteiger partial charge in [-0.15, -0.1) is 0 Å². The zero-order chi connectivity index (χ0) is 23.3. The average Bonchev–Trinajstić information content (AvgIpc) is 3.14. The fourth-order valence-corrected chi connectivity index (χ4v) is 3.35. The summed E-state index contributed by atoms with van der Waals surface area (Å²) in [5.74, 6) is 5.66. The maximum atomic E-state index is 12.4. The maximum absolute atomic E-state index is 12.4. The van der Waals surface area contributed by atoms with E-state index in [4.69, 9.17) is 9.47 Å². The van der Waals surface area contributed by atoms with Crippen molar-refractivity contribution in [2.45, 2.75) is 45.6 Å². The topological polar surface area (TPSA) is 72.8 Å². The highest BCUT2D eigenvalue weighted by atomic mass is 16.6. The predicted octanol–water partition coefficient (Wildman–Crippen LogP) is 4.38. The van der Waals surface area contributed by atoms with Crippen molar-refractivity contribution in [3.8, 4) is 11.8 Å². The van der Waals surface area contributed by atoms with Crippen LogP contribution in [-0.4, -0.2) is 35.9 Å². The second-order valence-electron chi connectivity index (χ2n) is 8.57. The summed E-state index contributed by atoms with van der Waals surface area (Å²) in [6.45, 7) is 7.28. The molecule has 5 heteroatoms. The van der Waals surface area contributed by atoms with Crippen molar-refractivity contribution in [1.29, 1.82) is 0 Å². The summed E-state index contributed by atoms with van der Waals surface area (Å²) < 4.78 is 10.7. The molecule has 1 atom stereocenters. The molecule has 1 fully saturated rings. The van der Waals surface area contributed by atoms with Crippen LogP contribution in [0.4, 0.5) is 0 Å². The summed E-state index contributed by atoms with van der Waals surface area (Å²) in [6, 6.07) is 15.0. The van der Waals surface area contributed by atoms with Gasteiger partial charge in [0.1, 0.15) is 6.61 Å². The van der Waals surface area contributed by atoms with Gasteiger partial charge in [-0.2, -0.15) is 0 Å². The molecule has 3 rings (SSSR count). The molecule has 2 aromatic carbocycles. The first kappa shape index (κ1) is 23.3. The molecule has 1 saturated heterocycles. The van der Waals surface area contributed by atoms with E-state index in [1.54, 1.807) is 38.1 Å². The van der Waals surface area contributed by atoms with Crippen molar-refractivity contribution < 1.29 is 24.2 Å². The quantitative estimate of drug-likeness (QED) is 0.431. The van der Waals surface area contributed by atoms with Crippen LogP contribution in [0.2, 0.25) is 0 Å². The SMILES string of the molecule is CC(C)=C1CC(CO)(COC(=O)c2ccc(C#Cc3ccc(C(C)C)cc3)cc2)OC1=O. The molecule has 0 saturated carbocycles. The van der Waals surface area contributed by atoms with Crippen molar-refractivity contribution in [3.05, 3.63) is 81.9 Å². The number of esters is 2.